The maximum Gasteiger partial charge on any atom is 0.221 e. The number of thiophene rings is 1. The molecule has 0 saturated heterocycles. The Bertz CT molecular complexity index is 558. The van der Waals surface area contributed by atoms with Crippen LogP contribution in [-0.4, -0.2) is 19.0 Å². The van der Waals surface area contributed by atoms with E-state index in [-0.39, 0.29) is 11.9 Å². The van der Waals surface area contributed by atoms with Crippen LogP contribution in [0.5, 0.6) is 0 Å². The molecule has 21 heavy (non-hydrogen) atoms. The molecule has 0 aliphatic carbocycles. The standard InChI is InChI=1S/C17H24N2OS/c1-12(2)11-19-17(20)8-9-18-13(3)16-10-14-6-4-5-7-15(14)21-16/h4-7,10,12-13,18H,8-9,11H2,1-3H3,(H,19,20). The normalized spacial score (nSPS) is 12.8. The van der Waals surface area contributed by atoms with Crippen molar-refractivity contribution < 1.29 is 4.79 Å². The largest absolute Gasteiger partial charge is 0.356 e. The Morgan fingerprint density at radius 3 is 2.71 bits per heavy atom. The molecular formula is C17H24N2OS. The second kappa shape index (κ2) is 7.57. The lowest BCUT2D eigenvalue weighted by molar-refractivity contribution is -0.121. The van der Waals surface area contributed by atoms with Crippen LogP contribution < -0.4 is 10.6 Å². The van der Waals surface area contributed by atoms with E-state index in [1.807, 2.05) is 11.3 Å². The molecule has 3 nitrogen and oxygen atoms in total. The zero-order valence-electron chi connectivity index (χ0n) is 13.0. The zero-order chi connectivity index (χ0) is 15.2. The minimum Gasteiger partial charge on any atom is -0.356 e. The zero-order valence-corrected chi connectivity index (χ0v) is 13.8. The van der Waals surface area contributed by atoms with E-state index in [1.165, 1.54) is 15.0 Å². The van der Waals surface area contributed by atoms with Crippen LogP contribution in [0.4, 0.5) is 0 Å². The molecule has 0 fully saturated rings. The molecular weight excluding hydrogens is 280 g/mol. The van der Waals surface area contributed by atoms with Crippen LogP contribution in [0, 0.1) is 5.92 Å². The summed E-state index contributed by atoms with van der Waals surface area (Å²) in [6.07, 6.45) is 0.530. The Balaban J connectivity index is 1.79. The van der Waals surface area contributed by atoms with E-state index in [1.54, 1.807) is 0 Å². The molecule has 4 heteroatoms. The lowest BCUT2D eigenvalue weighted by atomic mass is 10.2. The van der Waals surface area contributed by atoms with E-state index < -0.39 is 0 Å². The summed E-state index contributed by atoms with van der Waals surface area (Å²) < 4.78 is 1.32. The summed E-state index contributed by atoms with van der Waals surface area (Å²) in [6.45, 7) is 7.81. The third kappa shape index (κ3) is 4.83. The molecule has 2 aromatic rings. The Morgan fingerprint density at radius 1 is 1.24 bits per heavy atom. The van der Waals surface area contributed by atoms with Gasteiger partial charge in [0.1, 0.15) is 0 Å². The van der Waals surface area contributed by atoms with Gasteiger partial charge in [0, 0.05) is 35.1 Å². The number of rotatable bonds is 7. The molecule has 0 radical (unpaired) electrons. The van der Waals surface area contributed by atoms with Crippen molar-refractivity contribution in [2.45, 2.75) is 33.2 Å². The lowest BCUT2D eigenvalue weighted by Crippen LogP contribution is -2.30. The number of benzene rings is 1. The van der Waals surface area contributed by atoms with Gasteiger partial charge in [-0.25, -0.2) is 0 Å². The highest BCUT2D eigenvalue weighted by Gasteiger charge is 2.09. The molecule has 1 aromatic heterocycles. The second-order valence-corrected chi connectivity index (χ2v) is 6.93. The summed E-state index contributed by atoms with van der Waals surface area (Å²) in [4.78, 5) is 13.0. The van der Waals surface area contributed by atoms with Gasteiger partial charge in [-0.15, -0.1) is 11.3 Å². The Morgan fingerprint density at radius 2 is 2.00 bits per heavy atom. The minimum absolute atomic E-state index is 0.125. The van der Waals surface area contributed by atoms with Crippen molar-refractivity contribution in [3.8, 4) is 0 Å². The molecule has 2 N–H and O–H groups in total. The van der Waals surface area contributed by atoms with Crippen molar-refractivity contribution in [3.63, 3.8) is 0 Å². The topological polar surface area (TPSA) is 41.1 Å². The average molecular weight is 304 g/mol. The van der Waals surface area contributed by atoms with E-state index in [2.05, 4.69) is 61.7 Å². The Labute approximate surface area is 130 Å². The van der Waals surface area contributed by atoms with Gasteiger partial charge >= 0.3 is 0 Å². The van der Waals surface area contributed by atoms with E-state index in [9.17, 15) is 4.79 Å². The van der Waals surface area contributed by atoms with Gasteiger partial charge in [-0.1, -0.05) is 32.0 Å². The fraction of sp³-hybridized carbons (Fsp3) is 0.471. The smallest absolute Gasteiger partial charge is 0.221 e. The quantitative estimate of drug-likeness (QED) is 0.818. The molecule has 0 aliphatic heterocycles. The highest BCUT2D eigenvalue weighted by molar-refractivity contribution is 7.19. The molecule has 0 spiro atoms. The molecule has 0 aliphatic rings. The first kappa shape index (κ1) is 16.0. The van der Waals surface area contributed by atoms with Crippen molar-refractivity contribution in [3.05, 3.63) is 35.2 Å². The summed E-state index contributed by atoms with van der Waals surface area (Å²) in [5, 5.41) is 7.66. The minimum atomic E-state index is 0.125. The van der Waals surface area contributed by atoms with Gasteiger partial charge < -0.3 is 10.6 Å². The van der Waals surface area contributed by atoms with Crippen LogP contribution in [0.25, 0.3) is 10.1 Å². The van der Waals surface area contributed by atoms with Gasteiger partial charge in [0.15, 0.2) is 0 Å². The summed E-state index contributed by atoms with van der Waals surface area (Å²) in [6, 6.07) is 10.9. The first-order valence-corrected chi connectivity index (χ1v) is 8.36. The summed E-state index contributed by atoms with van der Waals surface area (Å²) in [5.41, 5.74) is 0. The van der Waals surface area contributed by atoms with Crippen molar-refractivity contribution in [2.75, 3.05) is 13.1 Å². The number of fused-ring (bicyclic) bond motifs is 1. The number of nitrogens with one attached hydrogen (secondary N) is 2. The highest BCUT2D eigenvalue weighted by atomic mass is 32.1. The fourth-order valence-electron chi connectivity index (χ4n) is 2.12. The molecule has 1 heterocycles. The number of carbonyl (C=O) groups is 1. The van der Waals surface area contributed by atoms with E-state index in [4.69, 9.17) is 0 Å². The molecule has 114 valence electrons. The monoisotopic (exact) mass is 304 g/mol. The van der Waals surface area contributed by atoms with Gasteiger partial charge in [0.2, 0.25) is 5.91 Å². The van der Waals surface area contributed by atoms with E-state index >= 15 is 0 Å². The fourth-order valence-corrected chi connectivity index (χ4v) is 3.22. The van der Waals surface area contributed by atoms with Crippen molar-refractivity contribution in [1.82, 2.24) is 10.6 Å². The number of hydrogen-bond acceptors (Lipinski definition) is 3. The molecule has 1 unspecified atom stereocenters. The molecule has 1 aromatic carbocycles. The van der Waals surface area contributed by atoms with Gasteiger partial charge in [-0.3, -0.25) is 4.79 Å². The van der Waals surface area contributed by atoms with Gasteiger partial charge in [-0.05, 0) is 30.4 Å². The van der Waals surface area contributed by atoms with Gasteiger partial charge in [0.05, 0.1) is 0 Å². The van der Waals surface area contributed by atoms with Crippen molar-refractivity contribution in [2.24, 2.45) is 5.92 Å². The maximum atomic E-state index is 11.7. The lowest BCUT2D eigenvalue weighted by Gasteiger charge is -2.12. The Kier molecular flexibility index (Phi) is 5.76. The van der Waals surface area contributed by atoms with Crippen molar-refractivity contribution in [1.29, 1.82) is 0 Å². The summed E-state index contributed by atoms with van der Waals surface area (Å²) >= 11 is 1.82. The first-order chi connectivity index (χ1) is 10.1. The molecule has 0 saturated carbocycles. The summed E-state index contributed by atoms with van der Waals surface area (Å²) in [7, 11) is 0. The van der Waals surface area contributed by atoms with Crippen LogP contribution in [0.15, 0.2) is 30.3 Å². The predicted molar refractivity (Wildman–Crippen MR) is 90.7 cm³/mol. The molecule has 0 bridgehead atoms. The van der Waals surface area contributed by atoms with Gasteiger partial charge in [0.25, 0.3) is 0 Å². The predicted octanol–water partition coefficient (Wildman–Crippen LogP) is 3.71. The van der Waals surface area contributed by atoms with Crippen molar-refractivity contribution >= 4 is 27.3 Å². The third-order valence-electron chi connectivity index (χ3n) is 3.38. The van der Waals surface area contributed by atoms with E-state index in [0.717, 1.165) is 6.54 Å². The summed E-state index contributed by atoms with van der Waals surface area (Å²) in [5.74, 6) is 0.624. The average Bonchev–Trinajstić information content (AvgIpc) is 2.89. The van der Waals surface area contributed by atoms with Crippen LogP contribution >= 0.6 is 11.3 Å². The van der Waals surface area contributed by atoms with Crippen LogP contribution in [0.1, 0.15) is 38.1 Å². The SMILES string of the molecule is CC(C)CNC(=O)CCNC(C)c1cc2ccccc2s1. The van der Waals surface area contributed by atoms with Crippen LogP contribution in [0.3, 0.4) is 0 Å². The molecule has 2 rings (SSSR count). The number of hydrogen-bond donors (Lipinski definition) is 2. The highest BCUT2D eigenvalue weighted by Crippen LogP contribution is 2.29. The molecule has 1 amide bonds. The maximum absolute atomic E-state index is 11.7. The number of carbonyl (C=O) groups excluding carboxylic acids is 1. The number of amides is 1. The van der Waals surface area contributed by atoms with Crippen LogP contribution in [0.2, 0.25) is 0 Å². The van der Waals surface area contributed by atoms with E-state index in [0.29, 0.717) is 18.9 Å². The van der Waals surface area contributed by atoms with Gasteiger partial charge in [-0.2, -0.15) is 0 Å². The Hall–Kier alpha value is -1.39. The third-order valence-corrected chi connectivity index (χ3v) is 4.68. The molecule has 1 atom stereocenters. The first-order valence-electron chi connectivity index (χ1n) is 7.55. The van der Waals surface area contributed by atoms with Crippen LogP contribution in [-0.2, 0) is 4.79 Å². The second-order valence-electron chi connectivity index (χ2n) is 5.81.